The Morgan fingerprint density at radius 1 is 1.26 bits per heavy atom. The Hall–Kier alpha value is -1.57. The summed E-state index contributed by atoms with van der Waals surface area (Å²) < 4.78 is 5.32. The highest BCUT2D eigenvalue weighted by molar-refractivity contribution is 5.94. The average Bonchev–Trinajstić information content (AvgIpc) is 3.04. The van der Waals surface area contributed by atoms with Crippen molar-refractivity contribution < 1.29 is 9.53 Å². The van der Waals surface area contributed by atoms with Gasteiger partial charge in [0.1, 0.15) is 11.5 Å². The molecule has 1 saturated carbocycles. The molecule has 0 amide bonds. The molecular formula is C17H18O2. The summed E-state index contributed by atoms with van der Waals surface area (Å²) in [6, 6.07) is 6.27. The Morgan fingerprint density at radius 2 is 2.16 bits per heavy atom. The van der Waals surface area contributed by atoms with Gasteiger partial charge in [-0.2, -0.15) is 0 Å². The highest BCUT2D eigenvalue weighted by atomic mass is 16.5. The number of rotatable bonds is 1. The zero-order valence-electron chi connectivity index (χ0n) is 11.2. The number of methoxy groups -OCH3 is 1. The third-order valence-corrected chi connectivity index (χ3v) is 5.30. The first-order chi connectivity index (χ1) is 9.24. The molecule has 1 aromatic rings. The van der Waals surface area contributed by atoms with E-state index in [4.69, 9.17) is 4.74 Å². The van der Waals surface area contributed by atoms with E-state index in [0.717, 1.165) is 25.0 Å². The SMILES string of the molecule is COc1ccc2c(c1)CCC(=O)C21CC2C=CC1C2. The highest BCUT2D eigenvalue weighted by Crippen LogP contribution is 2.56. The minimum Gasteiger partial charge on any atom is -0.497 e. The Labute approximate surface area is 113 Å². The molecule has 2 nitrogen and oxygen atoms in total. The predicted molar refractivity (Wildman–Crippen MR) is 73.4 cm³/mol. The molecule has 3 atom stereocenters. The first kappa shape index (κ1) is 11.3. The molecule has 0 N–H and O–H groups in total. The number of carbonyl (C=O) groups is 1. The summed E-state index contributed by atoms with van der Waals surface area (Å²) in [5.74, 6) is 2.41. The van der Waals surface area contributed by atoms with Gasteiger partial charge in [-0.3, -0.25) is 4.79 Å². The fourth-order valence-electron chi connectivity index (χ4n) is 4.45. The van der Waals surface area contributed by atoms with Crippen molar-refractivity contribution in [2.45, 2.75) is 31.1 Å². The van der Waals surface area contributed by atoms with E-state index in [0.29, 0.717) is 24.0 Å². The lowest BCUT2D eigenvalue weighted by atomic mass is 9.62. The second kappa shape index (κ2) is 3.72. The van der Waals surface area contributed by atoms with Crippen molar-refractivity contribution in [3.05, 3.63) is 41.5 Å². The Kier molecular flexibility index (Phi) is 2.21. The van der Waals surface area contributed by atoms with Crippen molar-refractivity contribution in [1.82, 2.24) is 0 Å². The number of Topliss-reactive ketones (excluding diaryl/α,β-unsaturated/α-hetero) is 1. The summed E-state index contributed by atoms with van der Waals surface area (Å²) in [4.78, 5) is 12.7. The number of benzene rings is 1. The van der Waals surface area contributed by atoms with E-state index in [-0.39, 0.29) is 5.41 Å². The van der Waals surface area contributed by atoms with E-state index in [2.05, 4.69) is 24.3 Å². The maximum Gasteiger partial charge on any atom is 0.144 e. The monoisotopic (exact) mass is 254 g/mol. The second-order valence-corrected chi connectivity index (χ2v) is 6.11. The lowest BCUT2D eigenvalue weighted by Gasteiger charge is -2.39. The van der Waals surface area contributed by atoms with Crippen LogP contribution in [-0.2, 0) is 16.6 Å². The van der Waals surface area contributed by atoms with Crippen LogP contribution in [0.25, 0.3) is 0 Å². The first-order valence-corrected chi connectivity index (χ1v) is 7.13. The second-order valence-electron chi connectivity index (χ2n) is 6.11. The number of allylic oxidation sites excluding steroid dienone is 2. The molecule has 98 valence electrons. The molecule has 3 aliphatic rings. The molecule has 4 rings (SSSR count). The van der Waals surface area contributed by atoms with Crippen LogP contribution in [0.5, 0.6) is 5.75 Å². The van der Waals surface area contributed by atoms with Crippen LogP contribution in [0.2, 0.25) is 0 Å². The van der Waals surface area contributed by atoms with Crippen LogP contribution >= 0.6 is 0 Å². The molecule has 19 heavy (non-hydrogen) atoms. The van der Waals surface area contributed by atoms with E-state index in [9.17, 15) is 4.79 Å². The standard InChI is InChI=1S/C17H18O2/c1-19-14-5-6-15-12(9-14)3-7-16(18)17(15)10-11-2-4-13(17)8-11/h2,4-6,9,11,13H,3,7-8,10H2,1H3. The smallest absolute Gasteiger partial charge is 0.144 e. The van der Waals surface area contributed by atoms with Gasteiger partial charge in [0, 0.05) is 6.42 Å². The van der Waals surface area contributed by atoms with E-state index in [1.165, 1.54) is 11.1 Å². The van der Waals surface area contributed by atoms with Crippen LogP contribution in [0.1, 0.15) is 30.4 Å². The molecule has 2 bridgehead atoms. The fraction of sp³-hybridized carbons (Fsp3) is 0.471. The summed E-state index contributed by atoms with van der Waals surface area (Å²) in [7, 11) is 1.70. The van der Waals surface area contributed by atoms with Crippen molar-refractivity contribution in [2.24, 2.45) is 11.8 Å². The van der Waals surface area contributed by atoms with Gasteiger partial charge in [0.05, 0.1) is 12.5 Å². The van der Waals surface area contributed by atoms with Crippen molar-refractivity contribution in [3.63, 3.8) is 0 Å². The van der Waals surface area contributed by atoms with Crippen LogP contribution in [-0.4, -0.2) is 12.9 Å². The van der Waals surface area contributed by atoms with Crippen LogP contribution in [0.15, 0.2) is 30.4 Å². The topological polar surface area (TPSA) is 26.3 Å². The van der Waals surface area contributed by atoms with E-state index in [1.807, 2.05) is 6.07 Å². The number of fused-ring (bicyclic) bond motifs is 5. The van der Waals surface area contributed by atoms with Crippen LogP contribution in [0, 0.1) is 11.8 Å². The molecule has 0 aliphatic heterocycles. The van der Waals surface area contributed by atoms with E-state index < -0.39 is 0 Å². The molecule has 0 aromatic heterocycles. The van der Waals surface area contributed by atoms with Crippen molar-refractivity contribution in [3.8, 4) is 5.75 Å². The molecule has 2 heteroatoms. The molecule has 3 unspecified atom stereocenters. The molecule has 0 heterocycles. The van der Waals surface area contributed by atoms with Gasteiger partial charge in [0.2, 0.25) is 0 Å². The largest absolute Gasteiger partial charge is 0.497 e. The molecule has 3 aliphatic carbocycles. The van der Waals surface area contributed by atoms with Crippen molar-refractivity contribution >= 4 is 5.78 Å². The maximum absolute atomic E-state index is 12.7. The quantitative estimate of drug-likeness (QED) is 0.720. The average molecular weight is 254 g/mol. The molecule has 1 aromatic carbocycles. The molecular weight excluding hydrogens is 236 g/mol. The number of carbonyl (C=O) groups excluding carboxylic acids is 1. The normalized spacial score (nSPS) is 34.9. The van der Waals surface area contributed by atoms with Crippen molar-refractivity contribution in [1.29, 1.82) is 0 Å². The van der Waals surface area contributed by atoms with Gasteiger partial charge in [-0.25, -0.2) is 0 Å². The summed E-state index contributed by atoms with van der Waals surface area (Å²) >= 11 is 0. The summed E-state index contributed by atoms with van der Waals surface area (Å²) in [6.45, 7) is 0. The predicted octanol–water partition coefficient (Wildman–Crippen LogP) is 3.04. The van der Waals surface area contributed by atoms with E-state index in [1.54, 1.807) is 7.11 Å². The fourth-order valence-corrected chi connectivity index (χ4v) is 4.45. The van der Waals surface area contributed by atoms with Gasteiger partial charge in [0.15, 0.2) is 0 Å². The van der Waals surface area contributed by atoms with Gasteiger partial charge < -0.3 is 4.74 Å². The van der Waals surface area contributed by atoms with Gasteiger partial charge in [-0.15, -0.1) is 0 Å². The van der Waals surface area contributed by atoms with Gasteiger partial charge >= 0.3 is 0 Å². The minimum absolute atomic E-state index is 0.209. The zero-order valence-corrected chi connectivity index (χ0v) is 11.2. The first-order valence-electron chi connectivity index (χ1n) is 7.13. The van der Waals surface area contributed by atoms with Crippen LogP contribution in [0.3, 0.4) is 0 Å². The van der Waals surface area contributed by atoms with Gasteiger partial charge in [0.25, 0.3) is 0 Å². The zero-order chi connectivity index (χ0) is 13.0. The molecule has 1 fully saturated rings. The Balaban J connectivity index is 1.89. The number of aryl methyl sites for hydroxylation is 1. The van der Waals surface area contributed by atoms with Gasteiger partial charge in [-0.05, 0) is 54.4 Å². The highest BCUT2D eigenvalue weighted by Gasteiger charge is 2.55. The number of ketones is 1. The number of hydrogen-bond donors (Lipinski definition) is 0. The number of hydrogen-bond acceptors (Lipinski definition) is 2. The minimum atomic E-state index is -0.209. The van der Waals surface area contributed by atoms with Gasteiger partial charge in [-0.1, -0.05) is 18.2 Å². The third kappa shape index (κ3) is 1.35. The summed E-state index contributed by atoms with van der Waals surface area (Å²) in [5, 5.41) is 0. The Morgan fingerprint density at radius 3 is 2.84 bits per heavy atom. The molecule has 0 radical (unpaired) electrons. The maximum atomic E-state index is 12.7. The van der Waals surface area contributed by atoms with E-state index >= 15 is 0 Å². The summed E-state index contributed by atoms with van der Waals surface area (Å²) in [5.41, 5.74) is 2.39. The molecule has 0 saturated heterocycles. The lowest BCUT2D eigenvalue weighted by Crippen LogP contribution is -2.43. The Bertz CT molecular complexity index is 587. The van der Waals surface area contributed by atoms with Crippen LogP contribution < -0.4 is 4.74 Å². The lowest BCUT2D eigenvalue weighted by molar-refractivity contribution is -0.126. The third-order valence-electron chi connectivity index (χ3n) is 5.30. The number of ether oxygens (including phenoxy) is 1. The summed E-state index contributed by atoms with van der Waals surface area (Å²) in [6.07, 6.45) is 8.33. The molecule has 1 spiro atoms. The van der Waals surface area contributed by atoms with Crippen LogP contribution in [0.4, 0.5) is 0 Å². The van der Waals surface area contributed by atoms with Crippen molar-refractivity contribution in [2.75, 3.05) is 7.11 Å².